The molecule has 3 unspecified atom stereocenters. The number of urea groups is 1. The SMILES string of the molecule is CN(C(=O)C1CCCN(C(=O)Nc2ccccc2F)C1)C1CC2CCC(C1)N2.Cl. The van der Waals surface area contributed by atoms with Gasteiger partial charge in [-0.05, 0) is 50.7 Å². The highest BCUT2D eigenvalue weighted by Crippen LogP contribution is 2.30. The minimum absolute atomic E-state index is 0. The van der Waals surface area contributed by atoms with Crippen molar-refractivity contribution in [1.82, 2.24) is 15.1 Å². The molecule has 3 saturated heterocycles. The Morgan fingerprint density at radius 2 is 1.86 bits per heavy atom. The first kappa shape index (κ1) is 21.8. The van der Waals surface area contributed by atoms with E-state index in [1.165, 1.54) is 18.9 Å². The maximum Gasteiger partial charge on any atom is 0.321 e. The summed E-state index contributed by atoms with van der Waals surface area (Å²) in [4.78, 5) is 29.2. The van der Waals surface area contributed by atoms with Gasteiger partial charge >= 0.3 is 6.03 Å². The normalized spacial score (nSPS) is 28.4. The molecular formula is C21H30ClFN4O2. The maximum atomic E-state index is 13.8. The van der Waals surface area contributed by atoms with Crippen LogP contribution in [0.2, 0.25) is 0 Å². The van der Waals surface area contributed by atoms with E-state index in [0.29, 0.717) is 25.2 Å². The van der Waals surface area contributed by atoms with Gasteiger partial charge in [0.05, 0.1) is 11.6 Å². The van der Waals surface area contributed by atoms with Crippen LogP contribution in [0.5, 0.6) is 0 Å². The highest BCUT2D eigenvalue weighted by Gasteiger charge is 2.38. The summed E-state index contributed by atoms with van der Waals surface area (Å²) in [6.07, 6.45) is 6.02. The first-order valence-corrected chi connectivity index (χ1v) is 10.3. The first-order valence-electron chi connectivity index (χ1n) is 10.3. The van der Waals surface area contributed by atoms with Crippen LogP contribution in [0.25, 0.3) is 0 Å². The molecule has 29 heavy (non-hydrogen) atoms. The summed E-state index contributed by atoms with van der Waals surface area (Å²) in [6.45, 7) is 0.979. The molecule has 2 N–H and O–H groups in total. The second-order valence-corrected chi connectivity index (χ2v) is 8.41. The molecule has 160 valence electrons. The Kier molecular flexibility index (Phi) is 7.01. The fourth-order valence-electron chi connectivity index (χ4n) is 4.93. The summed E-state index contributed by atoms with van der Waals surface area (Å²) in [5.41, 5.74) is 0.170. The molecule has 1 aromatic rings. The van der Waals surface area contributed by atoms with Gasteiger partial charge in [-0.25, -0.2) is 9.18 Å². The summed E-state index contributed by atoms with van der Waals surface area (Å²) in [5, 5.41) is 6.24. The number of fused-ring (bicyclic) bond motifs is 2. The Balaban J connectivity index is 0.00000240. The standard InChI is InChI=1S/C21H29FN4O2.ClH/c1-25(17-11-15-8-9-16(12-17)23-15)20(27)14-5-4-10-26(13-14)21(28)24-19-7-3-2-6-18(19)22;/h2-3,6-7,14-17,23H,4-5,8-13H2,1H3,(H,24,28);1H. The van der Waals surface area contributed by atoms with Gasteiger partial charge in [0.15, 0.2) is 0 Å². The van der Waals surface area contributed by atoms with Crippen LogP contribution in [0.4, 0.5) is 14.9 Å². The van der Waals surface area contributed by atoms with Gasteiger partial charge in [0, 0.05) is 38.3 Å². The average Bonchev–Trinajstić information content (AvgIpc) is 3.06. The molecule has 0 aliphatic carbocycles. The Morgan fingerprint density at radius 3 is 2.55 bits per heavy atom. The van der Waals surface area contributed by atoms with Gasteiger partial charge in [0.1, 0.15) is 5.82 Å². The van der Waals surface area contributed by atoms with Crippen LogP contribution in [0, 0.1) is 11.7 Å². The third kappa shape index (κ3) is 4.83. The molecule has 2 bridgehead atoms. The Morgan fingerprint density at radius 1 is 1.17 bits per heavy atom. The highest BCUT2D eigenvalue weighted by atomic mass is 35.5. The molecule has 3 amide bonds. The number of carbonyl (C=O) groups excluding carboxylic acids is 2. The van der Waals surface area contributed by atoms with Crippen LogP contribution in [0.1, 0.15) is 38.5 Å². The number of halogens is 2. The van der Waals surface area contributed by atoms with Crippen molar-refractivity contribution >= 4 is 30.0 Å². The molecule has 0 spiro atoms. The van der Waals surface area contributed by atoms with Crippen LogP contribution in [-0.2, 0) is 4.79 Å². The fraction of sp³-hybridized carbons (Fsp3) is 0.619. The molecule has 0 radical (unpaired) electrons. The molecule has 3 aliphatic heterocycles. The summed E-state index contributed by atoms with van der Waals surface area (Å²) < 4.78 is 13.8. The molecule has 6 nitrogen and oxygen atoms in total. The van der Waals surface area contributed by atoms with Crippen LogP contribution >= 0.6 is 12.4 Å². The number of amides is 3. The lowest BCUT2D eigenvalue weighted by Gasteiger charge is -2.39. The van der Waals surface area contributed by atoms with Gasteiger partial charge in [-0.2, -0.15) is 0 Å². The van der Waals surface area contributed by atoms with E-state index in [9.17, 15) is 14.0 Å². The minimum atomic E-state index is -0.458. The number of carbonyl (C=O) groups is 2. The smallest absolute Gasteiger partial charge is 0.321 e. The van der Waals surface area contributed by atoms with Gasteiger partial charge in [0.25, 0.3) is 0 Å². The van der Waals surface area contributed by atoms with Gasteiger partial charge in [-0.15, -0.1) is 12.4 Å². The van der Waals surface area contributed by atoms with Gasteiger partial charge < -0.3 is 20.4 Å². The van der Waals surface area contributed by atoms with E-state index in [1.54, 1.807) is 23.1 Å². The summed E-state index contributed by atoms with van der Waals surface area (Å²) in [7, 11) is 1.91. The molecule has 0 saturated carbocycles. The number of benzene rings is 1. The highest BCUT2D eigenvalue weighted by molar-refractivity contribution is 5.90. The Bertz CT molecular complexity index is 737. The van der Waals surface area contributed by atoms with Crippen LogP contribution in [0.15, 0.2) is 24.3 Å². The van der Waals surface area contributed by atoms with E-state index in [-0.39, 0.29) is 42.0 Å². The lowest BCUT2D eigenvalue weighted by Crippen LogP contribution is -2.52. The first-order chi connectivity index (χ1) is 13.5. The molecule has 3 heterocycles. The van der Waals surface area contributed by atoms with Crippen molar-refractivity contribution < 1.29 is 14.0 Å². The number of para-hydroxylation sites is 1. The van der Waals surface area contributed by atoms with Crippen molar-refractivity contribution in [2.24, 2.45) is 5.92 Å². The van der Waals surface area contributed by atoms with Crippen LogP contribution in [0.3, 0.4) is 0 Å². The number of nitrogens with zero attached hydrogens (tertiary/aromatic N) is 2. The fourth-order valence-corrected chi connectivity index (χ4v) is 4.93. The van der Waals surface area contributed by atoms with Crippen molar-refractivity contribution in [3.63, 3.8) is 0 Å². The predicted molar refractivity (Wildman–Crippen MR) is 113 cm³/mol. The van der Waals surface area contributed by atoms with Crippen LogP contribution in [-0.4, -0.2) is 60.0 Å². The monoisotopic (exact) mass is 424 g/mol. The average molecular weight is 425 g/mol. The molecule has 3 fully saturated rings. The third-order valence-electron chi connectivity index (χ3n) is 6.52. The van der Waals surface area contributed by atoms with E-state index in [2.05, 4.69) is 10.6 Å². The molecule has 4 rings (SSSR count). The number of hydrogen-bond donors (Lipinski definition) is 2. The number of anilines is 1. The third-order valence-corrected chi connectivity index (χ3v) is 6.52. The Labute approximate surface area is 177 Å². The topological polar surface area (TPSA) is 64.7 Å². The summed E-state index contributed by atoms with van der Waals surface area (Å²) in [6, 6.07) is 7.14. The second-order valence-electron chi connectivity index (χ2n) is 8.41. The lowest BCUT2D eigenvalue weighted by atomic mass is 9.93. The number of nitrogens with one attached hydrogen (secondary N) is 2. The van der Waals surface area contributed by atoms with Crippen molar-refractivity contribution in [2.45, 2.75) is 56.7 Å². The van der Waals surface area contributed by atoms with Gasteiger partial charge in [-0.3, -0.25) is 4.79 Å². The molecule has 1 aromatic carbocycles. The number of likely N-dealkylation sites (tertiary alicyclic amines) is 1. The molecule has 3 atom stereocenters. The zero-order chi connectivity index (χ0) is 19.7. The quantitative estimate of drug-likeness (QED) is 0.782. The van der Waals surface area contributed by atoms with Crippen molar-refractivity contribution in [1.29, 1.82) is 0 Å². The zero-order valence-corrected chi connectivity index (χ0v) is 17.6. The van der Waals surface area contributed by atoms with Gasteiger partial charge in [-0.1, -0.05) is 12.1 Å². The minimum Gasteiger partial charge on any atom is -0.342 e. The predicted octanol–water partition coefficient (Wildman–Crippen LogP) is 3.23. The number of rotatable bonds is 3. The summed E-state index contributed by atoms with van der Waals surface area (Å²) in [5.74, 6) is -0.506. The second kappa shape index (κ2) is 9.30. The van der Waals surface area contributed by atoms with Crippen molar-refractivity contribution in [3.8, 4) is 0 Å². The number of hydrogen-bond acceptors (Lipinski definition) is 3. The van der Waals surface area contributed by atoms with E-state index in [1.807, 2.05) is 11.9 Å². The molecule has 3 aliphatic rings. The number of piperidine rings is 2. The Hall–Kier alpha value is -1.86. The lowest BCUT2D eigenvalue weighted by molar-refractivity contribution is -0.138. The van der Waals surface area contributed by atoms with Crippen molar-refractivity contribution in [2.75, 3.05) is 25.5 Å². The molecule has 8 heteroatoms. The van der Waals surface area contributed by atoms with E-state index in [4.69, 9.17) is 0 Å². The van der Waals surface area contributed by atoms with Crippen molar-refractivity contribution in [3.05, 3.63) is 30.1 Å². The molecule has 0 aromatic heterocycles. The van der Waals surface area contributed by atoms with E-state index >= 15 is 0 Å². The van der Waals surface area contributed by atoms with Crippen LogP contribution < -0.4 is 10.6 Å². The van der Waals surface area contributed by atoms with Gasteiger partial charge in [0.2, 0.25) is 5.91 Å². The molecular weight excluding hydrogens is 395 g/mol. The largest absolute Gasteiger partial charge is 0.342 e. The summed E-state index contributed by atoms with van der Waals surface area (Å²) >= 11 is 0. The van der Waals surface area contributed by atoms with E-state index < -0.39 is 5.82 Å². The van der Waals surface area contributed by atoms with E-state index in [0.717, 1.165) is 25.7 Å². The zero-order valence-electron chi connectivity index (χ0n) is 16.8. The maximum absolute atomic E-state index is 13.8.